The molecule has 2 rings (SSSR count). The highest BCUT2D eigenvalue weighted by molar-refractivity contribution is 14.0. The van der Waals surface area contributed by atoms with E-state index >= 15 is 0 Å². The number of rotatable bonds is 6. The zero-order chi connectivity index (χ0) is 16.7. The van der Waals surface area contributed by atoms with E-state index in [0.29, 0.717) is 5.92 Å². The van der Waals surface area contributed by atoms with Gasteiger partial charge in [-0.25, -0.2) is 0 Å². The lowest BCUT2D eigenvalue weighted by molar-refractivity contribution is 0.0320. The van der Waals surface area contributed by atoms with Gasteiger partial charge in [-0.05, 0) is 34.0 Å². The van der Waals surface area contributed by atoms with Gasteiger partial charge in [0.1, 0.15) is 0 Å². The van der Waals surface area contributed by atoms with Crippen LogP contribution in [-0.2, 0) is 11.3 Å². The van der Waals surface area contributed by atoms with Crippen LogP contribution in [-0.4, -0.2) is 69.2 Å². The van der Waals surface area contributed by atoms with Crippen LogP contribution in [0, 0.1) is 5.92 Å². The van der Waals surface area contributed by atoms with Crippen molar-refractivity contribution in [2.45, 2.75) is 13.5 Å². The summed E-state index contributed by atoms with van der Waals surface area (Å²) in [4.78, 5) is 10.4. The highest BCUT2D eigenvalue weighted by atomic mass is 127. The van der Waals surface area contributed by atoms with E-state index in [0.717, 1.165) is 51.9 Å². The minimum Gasteiger partial charge on any atom is -0.379 e. The molecule has 0 bridgehead atoms. The second-order valence-corrected chi connectivity index (χ2v) is 8.56. The summed E-state index contributed by atoms with van der Waals surface area (Å²) < 4.78 is 6.57. The molecule has 1 aliphatic heterocycles. The van der Waals surface area contributed by atoms with E-state index in [1.165, 1.54) is 8.66 Å². The molecule has 0 radical (unpaired) electrons. The maximum Gasteiger partial charge on any atom is 0.193 e. The van der Waals surface area contributed by atoms with E-state index < -0.39 is 0 Å². The summed E-state index contributed by atoms with van der Waals surface area (Å²) in [6, 6.07) is 4.24. The molecule has 0 amide bonds. The van der Waals surface area contributed by atoms with Crippen molar-refractivity contribution in [1.82, 2.24) is 15.1 Å². The van der Waals surface area contributed by atoms with Crippen molar-refractivity contribution in [2.75, 3.05) is 53.5 Å². The Kier molecular flexibility index (Phi) is 10.8. The molecule has 1 N–H and O–H groups in total. The minimum absolute atomic E-state index is 0. The maximum atomic E-state index is 5.40. The molecule has 138 valence electrons. The van der Waals surface area contributed by atoms with Gasteiger partial charge >= 0.3 is 0 Å². The number of nitrogens with zero attached hydrogens (tertiary/aromatic N) is 3. The molecule has 1 aromatic rings. The third kappa shape index (κ3) is 7.55. The molecule has 0 aliphatic carbocycles. The van der Waals surface area contributed by atoms with Gasteiger partial charge in [0.15, 0.2) is 5.96 Å². The fourth-order valence-corrected chi connectivity index (χ4v) is 4.22. The molecular formula is C16H28BrIN4OS. The molecular weight excluding hydrogens is 503 g/mol. The van der Waals surface area contributed by atoms with Crippen molar-refractivity contribution in [3.8, 4) is 0 Å². The molecule has 5 nitrogen and oxygen atoms in total. The Morgan fingerprint density at radius 2 is 2.17 bits per heavy atom. The van der Waals surface area contributed by atoms with Crippen molar-refractivity contribution in [3.05, 3.63) is 20.8 Å². The van der Waals surface area contributed by atoms with Crippen LogP contribution in [0.25, 0.3) is 0 Å². The first kappa shape index (κ1) is 22.1. The van der Waals surface area contributed by atoms with Crippen molar-refractivity contribution in [2.24, 2.45) is 10.9 Å². The van der Waals surface area contributed by atoms with Gasteiger partial charge in [-0.15, -0.1) is 35.3 Å². The lowest BCUT2D eigenvalue weighted by Crippen LogP contribution is -2.44. The van der Waals surface area contributed by atoms with Gasteiger partial charge in [-0.1, -0.05) is 6.92 Å². The lowest BCUT2D eigenvalue weighted by Gasteiger charge is -2.30. The van der Waals surface area contributed by atoms with Crippen LogP contribution in [0.2, 0.25) is 0 Å². The number of nitrogens with one attached hydrogen (secondary N) is 1. The highest BCUT2D eigenvalue weighted by Crippen LogP contribution is 2.22. The molecule has 2 heterocycles. The summed E-state index contributed by atoms with van der Waals surface area (Å²) in [6.45, 7) is 9.01. The van der Waals surface area contributed by atoms with E-state index in [-0.39, 0.29) is 24.0 Å². The van der Waals surface area contributed by atoms with Crippen molar-refractivity contribution < 1.29 is 4.74 Å². The van der Waals surface area contributed by atoms with Gasteiger partial charge in [-0.2, -0.15) is 0 Å². The molecule has 1 saturated heterocycles. The Labute approximate surface area is 175 Å². The second kappa shape index (κ2) is 11.7. The summed E-state index contributed by atoms with van der Waals surface area (Å²) in [6.07, 6.45) is 0. The Balaban J connectivity index is 0.00000288. The highest BCUT2D eigenvalue weighted by Gasteiger charge is 2.15. The average molecular weight is 531 g/mol. The predicted molar refractivity (Wildman–Crippen MR) is 117 cm³/mol. The number of morpholine rings is 1. The van der Waals surface area contributed by atoms with Crippen LogP contribution >= 0.6 is 51.2 Å². The van der Waals surface area contributed by atoms with Crippen LogP contribution in [0.15, 0.2) is 20.9 Å². The van der Waals surface area contributed by atoms with Gasteiger partial charge < -0.3 is 15.0 Å². The molecule has 0 spiro atoms. The standard InChI is InChI=1S/C16H27BrN4OS.HI/c1-13(11-21-6-8-22-9-7-21)10-19-16(18-2)20(3)12-14-4-5-15(17)23-14;/h4-5,13H,6-12H2,1-3H3,(H,18,19);1H. The van der Waals surface area contributed by atoms with Gasteiger partial charge in [0, 0.05) is 45.2 Å². The first-order valence-corrected chi connectivity index (χ1v) is 9.65. The Morgan fingerprint density at radius 1 is 1.46 bits per heavy atom. The lowest BCUT2D eigenvalue weighted by atomic mass is 10.1. The SMILES string of the molecule is CN=C(NCC(C)CN1CCOCC1)N(C)Cc1ccc(Br)s1.I. The number of guanidine groups is 1. The fraction of sp³-hybridized carbons (Fsp3) is 0.688. The van der Waals surface area contributed by atoms with Gasteiger partial charge in [0.25, 0.3) is 0 Å². The zero-order valence-electron chi connectivity index (χ0n) is 14.6. The van der Waals surface area contributed by atoms with Crippen LogP contribution in [0.3, 0.4) is 0 Å². The number of halogens is 2. The summed E-state index contributed by atoms with van der Waals surface area (Å²) in [5, 5.41) is 3.50. The van der Waals surface area contributed by atoms with E-state index in [2.05, 4.69) is 62.1 Å². The van der Waals surface area contributed by atoms with E-state index in [1.807, 2.05) is 7.05 Å². The molecule has 0 aromatic carbocycles. The van der Waals surface area contributed by atoms with Crippen molar-refractivity contribution in [1.29, 1.82) is 0 Å². The van der Waals surface area contributed by atoms with Gasteiger partial charge in [0.05, 0.1) is 23.5 Å². The van der Waals surface area contributed by atoms with Crippen molar-refractivity contribution in [3.63, 3.8) is 0 Å². The number of hydrogen-bond acceptors (Lipinski definition) is 4. The summed E-state index contributed by atoms with van der Waals surface area (Å²) in [7, 11) is 3.92. The monoisotopic (exact) mass is 530 g/mol. The summed E-state index contributed by atoms with van der Waals surface area (Å²) in [5.41, 5.74) is 0. The predicted octanol–water partition coefficient (Wildman–Crippen LogP) is 3.10. The van der Waals surface area contributed by atoms with E-state index in [1.54, 1.807) is 11.3 Å². The molecule has 0 saturated carbocycles. The molecule has 24 heavy (non-hydrogen) atoms. The molecule has 8 heteroatoms. The Bertz CT molecular complexity index is 508. The average Bonchev–Trinajstić information content (AvgIpc) is 2.94. The van der Waals surface area contributed by atoms with Crippen LogP contribution < -0.4 is 5.32 Å². The van der Waals surface area contributed by atoms with Gasteiger partial charge in [-0.3, -0.25) is 9.89 Å². The first-order chi connectivity index (χ1) is 11.1. The number of hydrogen-bond donors (Lipinski definition) is 1. The maximum absolute atomic E-state index is 5.40. The smallest absolute Gasteiger partial charge is 0.193 e. The quantitative estimate of drug-likeness (QED) is 0.348. The third-order valence-corrected chi connectivity index (χ3v) is 5.49. The largest absolute Gasteiger partial charge is 0.379 e. The number of thiophene rings is 1. The zero-order valence-corrected chi connectivity index (χ0v) is 19.4. The number of aliphatic imine (C=N–C) groups is 1. The molecule has 1 unspecified atom stereocenters. The summed E-state index contributed by atoms with van der Waals surface area (Å²) >= 11 is 5.28. The van der Waals surface area contributed by atoms with E-state index in [4.69, 9.17) is 4.74 Å². The molecule has 1 aromatic heterocycles. The third-order valence-electron chi connectivity index (χ3n) is 3.88. The van der Waals surface area contributed by atoms with Crippen molar-refractivity contribution >= 4 is 57.2 Å². The molecule has 1 aliphatic rings. The Morgan fingerprint density at radius 3 is 2.75 bits per heavy atom. The Hall–Kier alpha value is 0.1000. The number of ether oxygens (including phenoxy) is 1. The van der Waals surface area contributed by atoms with Crippen LogP contribution in [0.1, 0.15) is 11.8 Å². The van der Waals surface area contributed by atoms with Gasteiger partial charge in [0.2, 0.25) is 0 Å². The molecule has 1 fully saturated rings. The summed E-state index contributed by atoms with van der Waals surface area (Å²) in [5.74, 6) is 1.53. The fourth-order valence-electron chi connectivity index (χ4n) is 2.68. The molecule has 1 atom stereocenters. The minimum atomic E-state index is 0. The first-order valence-electron chi connectivity index (χ1n) is 8.04. The van der Waals surface area contributed by atoms with Crippen LogP contribution in [0.4, 0.5) is 0 Å². The topological polar surface area (TPSA) is 40.1 Å². The van der Waals surface area contributed by atoms with E-state index in [9.17, 15) is 0 Å². The normalized spacial score (nSPS) is 17.2. The van der Waals surface area contributed by atoms with Crippen LogP contribution in [0.5, 0.6) is 0 Å². The second-order valence-electron chi connectivity index (χ2n) is 6.01.